The number of hydrogen-bond acceptors (Lipinski definition) is 5. The summed E-state index contributed by atoms with van der Waals surface area (Å²) in [6, 6.07) is 13.1. The van der Waals surface area contributed by atoms with Crippen LogP contribution in [0.4, 0.5) is 11.4 Å². The largest absolute Gasteiger partial charge is 0.497 e. The van der Waals surface area contributed by atoms with E-state index in [9.17, 15) is 14.9 Å². The van der Waals surface area contributed by atoms with Gasteiger partial charge in [-0.2, -0.15) is 0 Å². The first-order chi connectivity index (χ1) is 12.0. The van der Waals surface area contributed by atoms with Gasteiger partial charge in [-0.3, -0.25) is 19.8 Å². The van der Waals surface area contributed by atoms with Crippen LogP contribution in [-0.4, -0.2) is 23.1 Å². The molecule has 2 aromatic carbocycles. The van der Waals surface area contributed by atoms with Crippen molar-refractivity contribution in [2.75, 3.05) is 12.0 Å². The molecule has 1 heterocycles. The van der Waals surface area contributed by atoms with Crippen LogP contribution in [0, 0.1) is 10.1 Å². The molecule has 0 aliphatic carbocycles. The van der Waals surface area contributed by atoms with Crippen LogP contribution in [0.1, 0.15) is 5.56 Å². The van der Waals surface area contributed by atoms with E-state index >= 15 is 0 Å². The number of para-hydroxylation sites is 1. The second-order valence-corrected chi connectivity index (χ2v) is 5.53. The highest BCUT2D eigenvalue weighted by Gasteiger charge is 2.32. The van der Waals surface area contributed by atoms with E-state index < -0.39 is 10.8 Å². The number of rotatable bonds is 4. The van der Waals surface area contributed by atoms with Crippen LogP contribution in [0.25, 0.3) is 6.08 Å². The zero-order valence-corrected chi connectivity index (χ0v) is 13.9. The van der Waals surface area contributed by atoms with Crippen LogP contribution < -0.4 is 15.0 Å². The number of amides is 1. The Hall–Kier alpha value is -3.26. The molecule has 1 fully saturated rings. The minimum Gasteiger partial charge on any atom is -0.497 e. The van der Waals surface area contributed by atoms with Gasteiger partial charge in [0.15, 0.2) is 5.11 Å². The lowest BCUT2D eigenvalue weighted by Crippen LogP contribution is -2.30. The molecule has 1 N–H and O–H groups in total. The average Bonchev–Trinajstić information content (AvgIpc) is 2.89. The number of thiocarbonyl (C=S) groups is 1. The maximum Gasteiger partial charge on any atom is 0.281 e. The van der Waals surface area contributed by atoms with Gasteiger partial charge in [0.1, 0.15) is 11.4 Å². The molecule has 0 atom stereocenters. The minimum atomic E-state index is -0.496. The molecule has 3 rings (SSSR count). The fraction of sp³-hybridized carbons (Fsp3) is 0.0588. The fourth-order valence-corrected chi connectivity index (χ4v) is 2.75. The molecule has 1 saturated heterocycles. The molecule has 1 aliphatic rings. The minimum absolute atomic E-state index is 0.0876. The highest BCUT2D eigenvalue weighted by molar-refractivity contribution is 7.80. The number of anilines is 1. The molecule has 126 valence electrons. The molecule has 0 spiro atoms. The first kappa shape index (κ1) is 16.6. The quantitative estimate of drug-likeness (QED) is 0.393. The summed E-state index contributed by atoms with van der Waals surface area (Å²) in [5, 5.41) is 14.1. The molecule has 0 bridgehead atoms. The maximum atomic E-state index is 12.7. The Bertz CT molecular complexity index is 910. The average molecular weight is 355 g/mol. The van der Waals surface area contributed by atoms with Gasteiger partial charge in [0.05, 0.1) is 23.3 Å². The predicted octanol–water partition coefficient (Wildman–Crippen LogP) is 2.87. The van der Waals surface area contributed by atoms with Crippen molar-refractivity contribution in [2.45, 2.75) is 0 Å². The number of ether oxygens (including phenoxy) is 1. The summed E-state index contributed by atoms with van der Waals surface area (Å²) >= 11 is 5.24. The Morgan fingerprint density at radius 3 is 2.72 bits per heavy atom. The molecular formula is C17H13N3O4S. The number of carbonyl (C=O) groups excluding carboxylic acids is 1. The lowest BCUT2D eigenvalue weighted by Gasteiger charge is -2.14. The zero-order valence-electron chi connectivity index (χ0n) is 13.1. The standard InChI is InChI=1S/C17H13N3O4S/c1-24-13-7-4-6-12(10-13)19-16(21)14(18-17(19)25)9-11-5-2-3-8-15(11)20(22)23/h2-10H,1H3,(H,18,25)/b14-9+. The fourth-order valence-electron chi connectivity index (χ4n) is 2.45. The number of nitrogens with zero attached hydrogens (tertiary/aromatic N) is 2. The number of methoxy groups -OCH3 is 1. The van der Waals surface area contributed by atoms with E-state index in [1.807, 2.05) is 0 Å². The van der Waals surface area contributed by atoms with E-state index in [-0.39, 0.29) is 16.5 Å². The Labute approximate surface area is 148 Å². The summed E-state index contributed by atoms with van der Waals surface area (Å²) in [4.78, 5) is 24.6. The van der Waals surface area contributed by atoms with Crippen LogP contribution in [0.15, 0.2) is 54.2 Å². The van der Waals surface area contributed by atoms with E-state index in [0.29, 0.717) is 17.0 Å². The summed E-state index contributed by atoms with van der Waals surface area (Å²) < 4.78 is 5.16. The summed E-state index contributed by atoms with van der Waals surface area (Å²) in [5.41, 5.74) is 0.948. The second kappa shape index (κ2) is 6.70. The van der Waals surface area contributed by atoms with Crippen LogP contribution in [0.5, 0.6) is 5.75 Å². The number of nitro benzene ring substituents is 1. The molecule has 25 heavy (non-hydrogen) atoms. The van der Waals surface area contributed by atoms with Gasteiger partial charge in [-0.05, 0) is 36.5 Å². The van der Waals surface area contributed by atoms with E-state index in [1.54, 1.807) is 42.5 Å². The highest BCUT2D eigenvalue weighted by Crippen LogP contribution is 2.27. The lowest BCUT2D eigenvalue weighted by molar-refractivity contribution is -0.385. The van der Waals surface area contributed by atoms with Crippen LogP contribution in [-0.2, 0) is 4.79 Å². The van der Waals surface area contributed by atoms with Crippen molar-refractivity contribution in [3.8, 4) is 5.75 Å². The summed E-state index contributed by atoms with van der Waals surface area (Å²) in [6.45, 7) is 0. The Balaban J connectivity index is 1.98. The van der Waals surface area contributed by atoms with Gasteiger partial charge in [0.2, 0.25) is 0 Å². The number of benzene rings is 2. The van der Waals surface area contributed by atoms with Gasteiger partial charge >= 0.3 is 0 Å². The van der Waals surface area contributed by atoms with Crippen molar-refractivity contribution in [2.24, 2.45) is 0 Å². The smallest absolute Gasteiger partial charge is 0.281 e. The highest BCUT2D eigenvalue weighted by atomic mass is 32.1. The Morgan fingerprint density at radius 1 is 1.24 bits per heavy atom. The van der Waals surface area contributed by atoms with Crippen LogP contribution >= 0.6 is 12.2 Å². The van der Waals surface area contributed by atoms with Crippen molar-refractivity contribution in [1.82, 2.24) is 5.32 Å². The topological polar surface area (TPSA) is 84.7 Å². The first-order valence-electron chi connectivity index (χ1n) is 7.26. The van der Waals surface area contributed by atoms with Crippen LogP contribution in [0.3, 0.4) is 0 Å². The molecule has 7 nitrogen and oxygen atoms in total. The van der Waals surface area contributed by atoms with E-state index in [0.717, 1.165) is 0 Å². The number of hydrogen-bond donors (Lipinski definition) is 1. The van der Waals surface area contributed by atoms with Crippen molar-refractivity contribution in [3.05, 3.63) is 69.9 Å². The Kier molecular flexibility index (Phi) is 4.44. The third-order valence-corrected chi connectivity index (χ3v) is 3.91. The number of carbonyl (C=O) groups is 1. The van der Waals surface area contributed by atoms with E-state index in [1.165, 1.54) is 24.2 Å². The molecule has 0 radical (unpaired) electrons. The summed E-state index contributed by atoms with van der Waals surface area (Å²) in [5.74, 6) is 0.195. The van der Waals surface area contributed by atoms with Crippen molar-refractivity contribution < 1.29 is 14.5 Å². The number of nitro groups is 1. The van der Waals surface area contributed by atoms with Gasteiger partial charge in [0.25, 0.3) is 11.6 Å². The molecular weight excluding hydrogens is 342 g/mol. The van der Waals surface area contributed by atoms with Crippen molar-refractivity contribution in [1.29, 1.82) is 0 Å². The normalized spacial score (nSPS) is 15.4. The zero-order chi connectivity index (χ0) is 18.0. The molecule has 1 amide bonds. The molecule has 1 aliphatic heterocycles. The van der Waals surface area contributed by atoms with Gasteiger partial charge in [0, 0.05) is 12.1 Å². The molecule has 0 unspecified atom stereocenters. The molecule has 2 aromatic rings. The monoisotopic (exact) mass is 355 g/mol. The molecule has 0 aromatic heterocycles. The predicted molar refractivity (Wildman–Crippen MR) is 97.3 cm³/mol. The summed E-state index contributed by atoms with van der Waals surface area (Å²) in [7, 11) is 1.53. The van der Waals surface area contributed by atoms with Crippen LogP contribution in [0.2, 0.25) is 0 Å². The molecule has 8 heteroatoms. The van der Waals surface area contributed by atoms with Gasteiger partial charge in [-0.25, -0.2) is 0 Å². The first-order valence-corrected chi connectivity index (χ1v) is 7.66. The summed E-state index contributed by atoms with van der Waals surface area (Å²) in [6.07, 6.45) is 1.42. The van der Waals surface area contributed by atoms with Crippen molar-refractivity contribution in [3.63, 3.8) is 0 Å². The maximum absolute atomic E-state index is 12.7. The van der Waals surface area contributed by atoms with E-state index in [2.05, 4.69) is 5.32 Å². The second-order valence-electron chi connectivity index (χ2n) is 5.15. The third-order valence-electron chi connectivity index (χ3n) is 3.62. The van der Waals surface area contributed by atoms with Gasteiger partial charge in [-0.1, -0.05) is 18.2 Å². The Morgan fingerprint density at radius 2 is 2.00 bits per heavy atom. The SMILES string of the molecule is COc1cccc(N2C(=O)/C(=C\c3ccccc3[N+](=O)[O-])NC2=S)c1. The molecule has 0 saturated carbocycles. The lowest BCUT2D eigenvalue weighted by atomic mass is 10.1. The third kappa shape index (κ3) is 3.20. The van der Waals surface area contributed by atoms with E-state index in [4.69, 9.17) is 17.0 Å². The number of nitrogens with one attached hydrogen (secondary N) is 1. The van der Waals surface area contributed by atoms with Gasteiger partial charge < -0.3 is 10.1 Å². The van der Waals surface area contributed by atoms with Crippen molar-refractivity contribution >= 4 is 40.7 Å². The van der Waals surface area contributed by atoms with Gasteiger partial charge in [-0.15, -0.1) is 0 Å².